The van der Waals surface area contributed by atoms with Crippen LogP contribution in [-0.2, 0) is 23.7 Å². The molecule has 2 atom stereocenters. The van der Waals surface area contributed by atoms with E-state index < -0.39 is 30.0 Å². The van der Waals surface area contributed by atoms with E-state index in [1.165, 1.54) is 4.57 Å². The maximum atomic E-state index is 15.1. The second-order valence-corrected chi connectivity index (χ2v) is 16.4. The third kappa shape index (κ3) is 5.79. The van der Waals surface area contributed by atoms with Gasteiger partial charge >= 0.3 is 5.92 Å². The van der Waals surface area contributed by atoms with Gasteiger partial charge in [0.2, 0.25) is 23.5 Å². The van der Waals surface area contributed by atoms with E-state index in [1.54, 1.807) is 36.1 Å². The summed E-state index contributed by atoms with van der Waals surface area (Å²) in [4.78, 5) is 48.7. The van der Waals surface area contributed by atoms with Crippen LogP contribution in [0.25, 0.3) is 21.8 Å². The molecule has 5 aliphatic rings. The van der Waals surface area contributed by atoms with Crippen molar-refractivity contribution in [3.8, 4) is 11.5 Å². The van der Waals surface area contributed by atoms with E-state index in [-0.39, 0.29) is 40.7 Å². The average Bonchev–Trinajstić information content (AvgIpc) is 3.94. The van der Waals surface area contributed by atoms with Gasteiger partial charge in [0.05, 0.1) is 40.6 Å². The number of imide groups is 1. The fraction of sp³-hybridized carbons (Fsp3) is 0.436. The van der Waals surface area contributed by atoms with Crippen LogP contribution in [0.1, 0.15) is 50.1 Å². The van der Waals surface area contributed by atoms with Gasteiger partial charge in [0.1, 0.15) is 16.9 Å². The molecule has 3 aliphatic heterocycles. The van der Waals surface area contributed by atoms with Crippen molar-refractivity contribution in [3.63, 3.8) is 0 Å². The number of carbonyl (C=O) groups is 2. The van der Waals surface area contributed by atoms with Gasteiger partial charge in [0, 0.05) is 61.5 Å². The third-order valence-electron chi connectivity index (χ3n) is 12.0. The van der Waals surface area contributed by atoms with Crippen molar-refractivity contribution in [3.05, 3.63) is 63.7 Å². The first-order valence-corrected chi connectivity index (χ1v) is 19.2. The number of amides is 2. The van der Waals surface area contributed by atoms with E-state index >= 15 is 8.78 Å². The molecular formula is C39H38ClF2N9O5. The molecule has 0 bridgehead atoms. The van der Waals surface area contributed by atoms with E-state index in [2.05, 4.69) is 30.9 Å². The van der Waals surface area contributed by atoms with E-state index in [1.807, 2.05) is 25.2 Å². The lowest BCUT2D eigenvalue weighted by molar-refractivity contribution is -0.134. The summed E-state index contributed by atoms with van der Waals surface area (Å²) in [5, 5.41) is 15.1. The lowest BCUT2D eigenvalue weighted by Crippen LogP contribution is -2.65. The van der Waals surface area contributed by atoms with Crippen LogP contribution in [0.15, 0.2) is 47.4 Å². The number of nitrogens with one attached hydrogen (secondary N) is 3. The number of benzene rings is 2. The Balaban J connectivity index is 0.814. The molecule has 2 aliphatic carbocycles. The summed E-state index contributed by atoms with van der Waals surface area (Å²) in [6.45, 7) is 0.660. The van der Waals surface area contributed by atoms with E-state index in [4.69, 9.17) is 26.1 Å². The highest BCUT2D eigenvalue weighted by Gasteiger charge is 2.54. The summed E-state index contributed by atoms with van der Waals surface area (Å²) in [5.41, 5.74) is 2.56. The van der Waals surface area contributed by atoms with Gasteiger partial charge in [-0.05, 0) is 68.4 Å². The predicted molar refractivity (Wildman–Crippen MR) is 204 cm³/mol. The van der Waals surface area contributed by atoms with Crippen LogP contribution >= 0.6 is 11.6 Å². The predicted octanol–water partition coefficient (Wildman–Crippen LogP) is 5.40. The van der Waals surface area contributed by atoms with Crippen LogP contribution in [0, 0.1) is 11.3 Å². The minimum absolute atomic E-state index is 0.0499. The van der Waals surface area contributed by atoms with Gasteiger partial charge < -0.3 is 29.6 Å². The third-order valence-corrected chi connectivity index (χ3v) is 12.3. The number of nitrogens with zero attached hydrogens (tertiary/aromatic N) is 6. The zero-order chi connectivity index (χ0) is 38.7. The number of carbonyl (C=O) groups excluding carboxylic acids is 2. The number of hydrogen-bond acceptors (Lipinski definition) is 11. The maximum absolute atomic E-state index is 15.1. The molecular weight excluding hydrogens is 748 g/mol. The Morgan fingerprint density at radius 2 is 1.82 bits per heavy atom. The van der Waals surface area contributed by atoms with Gasteiger partial charge in [-0.25, -0.2) is 13.8 Å². The molecule has 56 heavy (non-hydrogen) atoms. The number of pyridine rings is 1. The monoisotopic (exact) mass is 785 g/mol. The Labute approximate surface area is 323 Å². The Kier molecular flexibility index (Phi) is 7.80. The van der Waals surface area contributed by atoms with Gasteiger partial charge in [0.15, 0.2) is 12.4 Å². The fourth-order valence-electron chi connectivity index (χ4n) is 8.92. The average molecular weight is 786 g/mol. The number of aryl methyl sites for hydroxylation is 2. The number of halogens is 3. The maximum Gasteiger partial charge on any atom is 0.301 e. The molecule has 3 N–H and O–H groups in total. The zero-order valence-corrected chi connectivity index (χ0v) is 31.3. The molecule has 4 fully saturated rings. The Morgan fingerprint density at radius 3 is 2.59 bits per heavy atom. The van der Waals surface area contributed by atoms with Gasteiger partial charge in [-0.3, -0.25) is 24.4 Å². The van der Waals surface area contributed by atoms with Crippen molar-refractivity contribution in [2.24, 2.45) is 25.4 Å². The quantitative estimate of drug-likeness (QED) is 0.182. The minimum Gasteiger partial charge on any atom is -0.490 e. The summed E-state index contributed by atoms with van der Waals surface area (Å²) < 4.78 is 45.2. The van der Waals surface area contributed by atoms with Crippen molar-refractivity contribution in [2.45, 2.75) is 62.5 Å². The highest BCUT2D eigenvalue weighted by atomic mass is 35.5. The number of anilines is 4. The Hall–Kier alpha value is -5.51. The van der Waals surface area contributed by atoms with Crippen LogP contribution in [-0.4, -0.2) is 73.9 Å². The molecule has 2 aromatic carbocycles. The van der Waals surface area contributed by atoms with Crippen molar-refractivity contribution in [2.75, 3.05) is 35.2 Å². The normalized spacial score (nSPS) is 22.8. The summed E-state index contributed by atoms with van der Waals surface area (Å²) >= 11 is 6.58. The number of fused-ring (bicyclic) bond motifs is 4. The summed E-state index contributed by atoms with van der Waals surface area (Å²) in [6, 6.07) is 9.99. The number of rotatable bonds is 7. The van der Waals surface area contributed by atoms with Crippen molar-refractivity contribution < 1.29 is 27.8 Å². The molecule has 1 unspecified atom stereocenters. The van der Waals surface area contributed by atoms with Crippen LogP contribution < -0.4 is 35.9 Å². The molecule has 6 heterocycles. The first-order chi connectivity index (χ1) is 26.8. The summed E-state index contributed by atoms with van der Waals surface area (Å²) in [7, 11) is 3.43. The van der Waals surface area contributed by atoms with Gasteiger partial charge in [-0.2, -0.15) is 10.1 Å². The Morgan fingerprint density at radius 1 is 1.02 bits per heavy atom. The van der Waals surface area contributed by atoms with Crippen LogP contribution in [0.2, 0.25) is 5.02 Å². The lowest BCUT2D eigenvalue weighted by atomic mass is 9.62. The first kappa shape index (κ1) is 34.9. The van der Waals surface area contributed by atoms with Crippen LogP contribution in [0.3, 0.4) is 0 Å². The number of aromatic nitrogens is 5. The second-order valence-electron chi connectivity index (χ2n) is 16.0. The highest BCUT2D eigenvalue weighted by molar-refractivity contribution is 6.33. The van der Waals surface area contributed by atoms with E-state index in [9.17, 15) is 14.4 Å². The van der Waals surface area contributed by atoms with E-state index in [0.29, 0.717) is 64.8 Å². The number of alkyl halides is 2. The molecule has 1 spiro atoms. The molecule has 17 heteroatoms. The van der Waals surface area contributed by atoms with Gasteiger partial charge in [0.25, 0.3) is 5.56 Å². The molecule has 3 aromatic heterocycles. The van der Waals surface area contributed by atoms with Crippen molar-refractivity contribution >= 4 is 68.4 Å². The second kappa shape index (κ2) is 12.5. The standard InChI is InChI=1S/C39H38ClF2N9O5/c1-49-27-9-5-20(11-25(27)31-32(36(49)54)55-18-39(41,42)33(46-31)19-3-4-19)44-34-26(40)15-43-37(47-34)51-16-38(17-51)13-22(14-38)56-21-6-7-23-28(12-21)50(2)48-30(23)24-8-10-29(52)45-35(24)53/h5-7,9,11-12,15,19,22,24,33,46H,3-4,8,10,13-14,16-18H2,1-2H3,(H,43,44,47)(H,45,52,53)/t24?,33-/m0/s1. The highest BCUT2D eigenvalue weighted by Crippen LogP contribution is 2.51. The molecule has 2 saturated heterocycles. The van der Waals surface area contributed by atoms with Crippen molar-refractivity contribution in [1.82, 2.24) is 29.6 Å². The van der Waals surface area contributed by atoms with Crippen LogP contribution in [0.4, 0.5) is 31.9 Å². The Bertz CT molecular complexity index is 2540. The molecule has 14 nitrogen and oxygen atoms in total. The van der Waals surface area contributed by atoms with E-state index in [0.717, 1.165) is 42.6 Å². The van der Waals surface area contributed by atoms with Gasteiger partial charge in [-0.15, -0.1) is 0 Å². The largest absolute Gasteiger partial charge is 0.490 e. The molecule has 5 aromatic rings. The number of piperidine rings is 1. The van der Waals surface area contributed by atoms with Gasteiger partial charge in [-0.1, -0.05) is 11.6 Å². The van der Waals surface area contributed by atoms with Crippen LogP contribution in [0.5, 0.6) is 11.5 Å². The number of ether oxygens (including phenoxy) is 2. The summed E-state index contributed by atoms with van der Waals surface area (Å²) in [6.07, 6.45) is 5.48. The lowest BCUT2D eigenvalue weighted by Gasteiger charge is -2.58. The molecule has 2 saturated carbocycles. The minimum atomic E-state index is -3.14. The first-order valence-electron chi connectivity index (χ1n) is 18.8. The number of hydrogen-bond donors (Lipinski definition) is 3. The molecule has 2 amide bonds. The van der Waals surface area contributed by atoms with Crippen molar-refractivity contribution in [1.29, 1.82) is 0 Å². The smallest absolute Gasteiger partial charge is 0.301 e. The molecule has 290 valence electrons. The zero-order valence-electron chi connectivity index (χ0n) is 30.6. The molecule has 10 rings (SSSR count). The topological polar surface area (TPSA) is 158 Å². The fourth-order valence-corrected chi connectivity index (χ4v) is 9.05. The summed E-state index contributed by atoms with van der Waals surface area (Å²) in [5.74, 6) is -2.82. The SMILES string of the molecule is Cn1nc(C2CCC(=O)NC2=O)c2ccc(OC3CC4(C3)CN(c3ncc(Cl)c(Nc5ccc6c(c5)c5c(c(=O)n6C)OCC(F)(F)[C@H](C6CC6)N5)n3)C4)cc21. The molecule has 0 radical (unpaired) electrons.